The maximum Gasteiger partial charge on any atom is 0.289 e. The molecule has 11 heteroatoms. The lowest BCUT2D eigenvalue weighted by Crippen LogP contribution is -2.55. The van der Waals surface area contributed by atoms with Crippen molar-refractivity contribution in [2.75, 3.05) is 6.54 Å². The lowest BCUT2D eigenvalue weighted by atomic mass is 9.91. The van der Waals surface area contributed by atoms with Crippen molar-refractivity contribution >= 4 is 63.4 Å². The number of nitrogens with zero attached hydrogens (tertiary/aromatic N) is 1. The van der Waals surface area contributed by atoms with E-state index in [2.05, 4.69) is 15.6 Å². The van der Waals surface area contributed by atoms with E-state index >= 15 is 0 Å². The number of carbonyl (C=O) groups excluding carboxylic acids is 5. The number of carbonyl (C=O) groups is 5. The van der Waals surface area contributed by atoms with E-state index in [9.17, 15) is 24.0 Å². The third kappa shape index (κ3) is 5.26. The maximum atomic E-state index is 13.9. The van der Waals surface area contributed by atoms with E-state index in [1.807, 2.05) is 0 Å². The molecule has 6 rings (SSSR count). The van der Waals surface area contributed by atoms with Gasteiger partial charge in [-0.15, -0.1) is 0 Å². The number of nitrogens with one attached hydrogen (secondary N) is 3. The lowest BCUT2D eigenvalue weighted by Gasteiger charge is -2.29. The van der Waals surface area contributed by atoms with Gasteiger partial charge in [0, 0.05) is 40.9 Å². The lowest BCUT2D eigenvalue weighted by molar-refractivity contribution is -0.141. The molecule has 9 nitrogen and oxygen atoms in total. The van der Waals surface area contributed by atoms with Crippen LogP contribution in [0.15, 0.2) is 18.2 Å². The first-order valence-corrected chi connectivity index (χ1v) is 14.9. The quantitative estimate of drug-likeness (QED) is 0.405. The molecule has 0 radical (unpaired) electrons. The molecule has 5 atom stereocenters. The summed E-state index contributed by atoms with van der Waals surface area (Å²) in [5.74, 6) is -2.44. The largest absolute Gasteiger partial charge is 0.350 e. The second-order valence-corrected chi connectivity index (χ2v) is 12.6. The molecule has 1 aliphatic heterocycles. The van der Waals surface area contributed by atoms with Gasteiger partial charge in [-0.1, -0.05) is 29.6 Å². The standard InChI is InChI=1S/C29H32Cl2N4O5/c30-16-10-20(31)19-12-23(33-21(19)11-16)29(40)35-13-15-4-1-5-18(15)25(35)27(38)34-22(9-14-3-2-6-24(14)36)26(37)28(39)32-17-7-8-17/h10-12,14-15,17-18,22,25,33H,1-9,13H2,(H,32,39)(H,34,38). The number of ketones is 2. The van der Waals surface area contributed by atoms with Crippen LogP contribution in [-0.4, -0.2) is 63.8 Å². The Bertz CT molecular complexity index is 1400. The zero-order valence-corrected chi connectivity index (χ0v) is 23.5. The fraction of sp³-hybridized carbons (Fsp3) is 0.552. The Morgan fingerprint density at radius 2 is 1.82 bits per heavy atom. The first kappa shape index (κ1) is 27.3. The van der Waals surface area contributed by atoms with Crippen LogP contribution in [0.2, 0.25) is 10.0 Å². The number of amides is 3. The molecule has 1 saturated heterocycles. The number of benzene rings is 1. The van der Waals surface area contributed by atoms with Crippen molar-refractivity contribution in [1.82, 2.24) is 20.5 Å². The number of Topliss-reactive ketones (excluding diaryl/α,β-unsaturated/α-hetero) is 2. The summed E-state index contributed by atoms with van der Waals surface area (Å²) in [5, 5.41) is 7.04. The van der Waals surface area contributed by atoms with E-state index in [0.29, 0.717) is 46.0 Å². The average molecular weight is 588 g/mol. The first-order valence-electron chi connectivity index (χ1n) is 14.2. The average Bonchev–Trinajstić information content (AvgIpc) is 3.26. The van der Waals surface area contributed by atoms with Crippen molar-refractivity contribution < 1.29 is 24.0 Å². The molecule has 1 aromatic carbocycles. The van der Waals surface area contributed by atoms with Crippen LogP contribution in [0.1, 0.15) is 68.3 Å². The molecule has 5 unspecified atom stereocenters. The molecular formula is C29H32Cl2N4O5. The predicted molar refractivity (Wildman–Crippen MR) is 149 cm³/mol. The number of aromatic amines is 1. The minimum Gasteiger partial charge on any atom is -0.350 e. The van der Waals surface area contributed by atoms with Crippen LogP contribution in [0.3, 0.4) is 0 Å². The number of hydrogen-bond acceptors (Lipinski definition) is 5. The summed E-state index contributed by atoms with van der Waals surface area (Å²) in [6.07, 6.45) is 6.23. The number of fused-ring (bicyclic) bond motifs is 2. The van der Waals surface area contributed by atoms with Gasteiger partial charge in [-0.2, -0.15) is 0 Å². The Morgan fingerprint density at radius 3 is 2.55 bits per heavy atom. The van der Waals surface area contributed by atoms with Crippen molar-refractivity contribution in [3.05, 3.63) is 33.9 Å². The summed E-state index contributed by atoms with van der Waals surface area (Å²) in [6, 6.07) is 3.05. The topological polar surface area (TPSA) is 128 Å². The zero-order chi connectivity index (χ0) is 28.1. The van der Waals surface area contributed by atoms with Crippen molar-refractivity contribution in [2.45, 2.75) is 75.9 Å². The Balaban J connectivity index is 1.25. The Labute approximate surface area is 241 Å². The molecule has 2 aromatic rings. The van der Waals surface area contributed by atoms with Gasteiger partial charge in [0.25, 0.3) is 11.8 Å². The predicted octanol–water partition coefficient (Wildman–Crippen LogP) is 3.81. The summed E-state index contributed by atoms with van der Waals surface area (Å²) in [7, 11) is 0. The van der Waals surface area contributed by atoms with Gasteiger partial charge in [0.05, 0.1) is 11.1 Å². The van der Waals surface area contributed by atoms with Gasteiger partial charge in [0.2, 0.25) is 11.7 Å². The van der Waals surface area contributed by atoms with Gasteiger partial charge in [-0.3, -0.25) is 24.0 Å². The van der Waals surface area contributed by atoms with Crippen molar-refractivity contribution in [3.8, 4) is 0 Å². The van der Waals surface area contributed by atoms with Crippen LogP contribution in [0.5, 0.6) is 0 Å². The van der Waals surface area contributed by atoms with Crippen LogP contribution in [-0.2, 0) is 19.2 Å². The molecule has 3 saturated carbocycles. The highest BCUT2D eigenvalue weighted by molar-refractivity contribution is 6.39. The van der Waals surface area contributed by atoms with Crippen LogP contribution >= 0.6 is 23.2 Å². The third-order valence-electron chi connectivity index (χ3n) is 9.02. The maximum absolute atomic E-state index is 13.9. The normalized spacial score (nSPS) is 26.6. The Hall–Kier alpha value is -2.91. The van der Waals surface area contributed by atoms with Crippen LogP contribution in [0.25, 0.3) is 10.9 Å². The molecule has 0 bridgehead atoms. The highest BCUT2D eigenvalue weighted by Crippen LogP contribution is 2.43. The molecule has 4 aliphatic rings. The van der Waals surface area contributed by atoms with Crippen LogP contribution < -0.4 is 10.6 Å². The molecule has 212 valence electrons. The van der Waals surface area contributed by atoms with Gasteiger partial charge in [0.1, 0.15) is 17.5 Å². The number of aromatic nitrogens is 1. The summed E-state index contributed by atoms with van der Waals surface area (Å²) in [6.45, 7) is 0.424. The summed E-state index contributed by atoms with van der Waals surface area (Å²) >= 11 is 12.5. The molecule has 3 aliphatic carbocycles. The molecule has 4 fully saturated rings. The second kappa shape index (κ2) is 10.8. The summed E-state index contributed by atoms with van der Waals surface area (Å²) in [5.41, 5.74) is 0.916. The summed E-state index contributed by atoms with van der Waals surface area (Å²) < 4.78 is 0. The van der Waals surface area contributed by atoms with E-state index in [1.165, 1.54) is 0 Å². The highest BCUT2D eigenvalue weighted by atomic mass is 35.5. The van der Waals surface area contributed by atoms with Crippen molar-refractivity contribution in [2.24, 2.45) is 17.8 Å². The molecule has 2 heterocycles. The van der Waals surface area contributed by atoms with E-state index in [0.717, 1.165) is 38.5 Å². The van der Waals surface area contributed by atoms with E-state index in [1.54, 1.807) is 23.1 Å². The van der Waals surface area contributed by atoms with Gasteiger partial charge in [-0.05, 0) is 75.0 Å². The van der Waals surface area contributed by atoms with Crippen molar-refractivity contribution in [3.63, 3.8) is 0 Å². The SMILES string of the molecule is O=C(NC1CC1)C(=O)C(CC1CCCC1=O)NC(=O)C1C2CCCC2CN1C(=O)c1cc2c(Cl)cc(Cl)cc2[nH]1. The van der Waals surface area contributed by atoms with E-state index in [-0.39, 0.29) is 41.9 Å². The molecule has 40 heavy (non-hydrogen) atoms. The fourth-order valence-corrected chi connectivity index (χ4v) is 7.38. The molecule has 3 N–H and O–H groups in total. The van der Waals surface area contributed by atoms with Gasteiger partial charge in [-0.25, -0.2) is 0 Å². The zero-order valence-electron chi connectivity index (χ0n) is 22.0. The molecule has 3 amide bonds. The molecule has 1 aromatic heterocycles. The third-order valence-corrected chi connectivity index (χ3v) is 9.55. The van der Waals surface area contributed by atoms with Crippen molar-refractivity contribution in [1.29, 1.82) is 0 Å². The number of rotatable bonds is 8. The highest BCUT2D eigenvalue weighted by Gasteiger charge is 2.50. The van der Waals surface area contributed by atoms with E-state index in [4.69, 9.17) is 23.2 Å². The second-order valence-electron chi connectivity index (χ2n) is 11.8. The number of likely N-dealkylation sites (tertiary alicyclic amines) is 1. The van der Waals surface area contributed by atoms with Gasteiger partial charge in [0.15, 0.2) is 0 Å². The van der Waals surface area contributed by atoms with Crippen LogP contribution in [0.4, 0.5) is 0 Å². The Morgan fingerprint density at radius 1 is 1.02 bits per heavy atom. The van der Waals surface area contributed by atoms with Gasteiger partial charge < -0.3 is 20.5 Å². The van der Waals surface area contributed by atoms with Crippen LogP contribution in [0, 0.1) is 17.8 Å². The minimum atomic E-state index is -1.12. The monoisotopic (exact) mass is 586 g/mol. The fourth-order valence-electron chi connectivity index (χ4n) is 6.83. The first-order chi connectivity index (χ1) is 19.2. The number of hydrogen-bond donors (Lipinski definition) is 3. The Kier molecular flexibility index (Phi) is 7.38. The van der Waals surface area contributed by atoms with Gasteiger partial charge >= 0.3 is 0 Å². The smallest absolute Gasteiger partial charge is 0.289 e. The molecular weight excluding hydrogens is 555 g/mol. The number of halogens is 2. The minimum absolute atomic E-state index is 0.0113. The number of H-pyrrole nitrogens is 1. The molecule has 0 spiro atoms. The van der Waals surface area contributed by atoms with E-state index < -0.39 is 29.7 Å². The summed E-state index contributed by atoms with van der Waals surface area (Å²) in [4.78, 5) is 70.7.